The number of rotatable bonds is 3. The van der Waals surface area contributed by atoms with E-state index in [1.807, 2.05) is 36.7 Å². The van der Waals surface area contributed by atoms with E-state index in [4.69, 9.17) is 5.73 Å². The van der Waals surface area contributed by atoms with E-state index in [9.17, 15) is 0 Å². The number of aromatic nitrogens is 3. The summed E-state index contributed by atoms with van der Waals surface area (Å²) >= 11 is 5.09. The van der Waals surface area contributed by atoms with Gasteiger partial charge in [-0.05, 0) is 36.4 Å². The predicted molar refractivity (Wildman–Crippen MR) is 71.9 cm³/mol. The first kappa shape index (κ1) is 12.6. The van der Waals surface area contributed by atoms with E-state index >= 15 is 0 Å². The fraction of sp³-hybridized carbons (Fsp3) is 0.273. The van der Waals surface area contributed by atoms with Crippen LogP contribution in [0.3, 0.4) is 0 Å². The Bertz CT molecular complexity index is 538. The van der Waals surface area contributed by atoms with Gasteiger partial charge in [0.05, 0.1) is 0 Å². The maximum atomic E-state index is 5.76. The molecule has 0 amide bonds. The van der Waals surface area contributed by atoms with Crippen LogP contribution < -0.4 is 5.73 Å². The number of halogens is 1. The second kappa shape index (κ2) is 5.20. The molecule has 4 nitrogen and oxygen atoms in total. The summed E-state index contributed by atoms with van der Waals surface area (Å²) in [6, 6.07) is 6.03. The van der Waals surface area contributed by atoms with Gasteiger partial charge in [-0.25, -0.2) is 0 Å². The standard InChI is InChI=1S/C11H13BrN4S/c1-7-14-15-11(16(7)2)17-10-5-3-4-9(12)8(10)6-13/h3-5H,6,13H2,1-2H3. The first-order chi connectivity index (χ1) is 8.13. The minimum atomic E-state index is 0.501. The van der Waals surface area contributed by atoms with Gasteiger partial charge in [0.25, 0.3) is 0 Å². The van der Waals surface area contributed by atoms with Crippen LogP contribution in [-0.4, -0.2) is 14.8 Å². The van der Waals surface area contributed by atoms with Crippen molar-refractivity contribution in [3.05, 3.63) is 34.1 Å². The molecule has 6 heteroatoms. The first-order valence-corrected chi connectivity index (χ1v) is 6.75. The zero-order valence-electron chi connectivity index (χ0n) is 9.64. The second-order valence-corrected chi connectivity index (χ2v) is 5.47. The Balaban J connectivity index is 2.36. The van der Waals surface area contributed by atoms with Crippen LogP contribution in [0.25, 0.3) is 0 Å². The van der Waals surface area contributed by atoms with Gasteiger partial charge in [0, 0.05) is 23.0 Å². The molecule has 1 heterocycles. The minimum absolute atomic E-state index is 0.501. The van der Waals surface area contributed by atoms with Crippen LogP contribution >= 0.6 is 27.7 Å². The van der Waals surface area contributed by atoms with E-state index in [-0.39, 0.29) is 0 Å². The molecule has 0 atom stereocenters. The zero-order chi connectivity index (χ0) is 12.4. The van der Waals surface area contributed by atoms with Crippen molar-refractivity contribution >= 4 is 27.7 Å². The molecular formula is C11H13BrN4S. The van der Waals surface area contributed by atoms with Gasteiger partial charge in [-0.3, -0.25) is 0 Å². The first-order valence-electron chi connectivity index (χ1n) is 5.14. The summed E-state index contributed by atoms with van der Waals surface area (Å²) in [5.74, 6) is 0.900. The molecule has 2 rings (SSSR count). The van der Waals surface area contributed by atoms with Crippen molar-refractivity contribution in [3.63, 3.8) is 0 Å². The Morgan fingerprint density at radius 1 is 1.41 bits per heavy atom. The Morgan fingerprint density at radius 3 is 2.76 bits per heavy atom. The maximum absolute atomic E-state index is 5.76. The lowest BCUT2D eigenvalue weighted by Gasteiger charge is -2.08. The molecule has 1 aromatic carbocycles. The number of nitrogens with zero attached hydrogens (tertiary/aromatic N) is 3. The SMILES string of the molecule is Cc1nnc(Sc2cccc(Br)c2CN)n1C. The van der Waals surface area contributed by atoms with E-state index in [2.05, 4.69) is 26.1 Å². The molecule has 0 fully saturated rings. The average Bonchev–Trinajstić information content (AvgIpc) is 2.61. The van der Waals surface area contributed by atoms with Crippen molar-refractivity contribution in [2.24, 2.45) is 12.8 Å². The molecule has 0 aliphatic rings. The maximum Gasteiger partial charge on any atom is 0.195 e. The molecule has 0 radical (unpaired) electrons. The Labute approximate surface area is 113 Å². The van der Waals surface area contributed by atoms with Crippen LogP contribution in [0.4, 0.5) is 0 Å². The number of nitrogens with two attached hydrogens (primary N) is 1. The van der Waals surface area contributed by atoms with Crippen LogP contribution in [0, 0.1) is 6.92 Å². The van der Waals surface area contributed by atoms with Crippen molar-refractivity contribution in [2.45, 2.75) is 23.5 Å². The van der Waals surface area contributed by atoms with E-state index in [1.54, 1.807) is 11.8 Å². The van der Waals surface area contributed by atoms with Gasteiger partial charge < -0.3 is 10.3 Å². The van der Waals surface area contributed by atoms with Crippen molar-refractivity contribution in [1.29, 1.82) is 0 Å². The van der Waals surface area contributed by atoms with Gasteiger partial charge >= 0.3 is 0 Å². The third kappa shape index (κ3) is 2.53. The highest BCUT2D eigenvalue weighted by Gasteiger charge is 2.11. The average molecular weight is 313 g/mol. The third-order valence-electron chi connectivity index (χ3n) is 2.53. The quantitative estimate of drug-likeness (QED) is 0.946. The number of hydrogen-bond acceptors (Lipinski definition) is 4. The van der Waals surface area contributed by atoms with Crippen LogP contribution in [0.15, 0.2) is 32.7 Å². The highest BCUT2D eigenvalue weighted by molar-refractivity contribution is 9.10. The molecule has 0 bridgehead atoms. The Hall–Kier alpha value is -0.850. The summed E-state index contributed by atoms with van der Waals surface area (Å²) in [5.41, 5.74) is 6.86. The summed E-state index contributed by atoms with van der Waals surface area (Å²) in [7, 11) is 1.96. The number of benzene rings is 1. The van der Waals surface area contributed by atoms with Crippen molar-refractivity contribution in [1.82, 2.24) is 14.8 Å². The monoisotopic (exact) mass is 312 g/mol. The smallest absolute Gasteiger partial charge is 0.195 e. The fourth-order valence-corrected chi connectivity index (χ4v) is 3.08. The summed E-state index contributed by atoms with van der Waals surface area (Å²) in [6.45, 7) is 2.43. The van der Waals surface area contributed by atoms with E-state index < -0.39 is 0 Å². The molecule has 2 N–H and O–H groups in total. The molecule has 90 valence electrons. The molecule has 0 aliphatic heterocycles. The molecule has 0 unspecified atom stereocenters. The second-order valence-electron chi connectivity index (χ2n) is 3.61. The fourth-order valence-electron chi connectivity index (χ4n) is 1.41. The highest BCUT2D eigenvalue weighted by Crippen LogP contribution is 2.32. The van der Waals surface area contributed by atoms with Gasteiger partial charge in [-0.15, -0.1) is 10.2 Å². The van der Waals surface area contributed by atoms with E-state index in [0.29, 0.717) is 6.54 Å². The molecular weight excluding hydrogens is 300 g/mol. The van der Waals surface area contributed by atoms with Crippen LogP contribution in [0.2, 0.25) is 0 Å². The van der Waals surface area contributed by atoms with Gasteiger partial charge in [0.1, 0.15) is 5.82 Å². The summed E-state index contributed by atoms with van der Waals surface area (Å²) in [5, 5.41) is 9.05. The third-order valence-corrected chi connectivity index (χ3v) is 4.42. The zero-order valence-corrected chi connectivity index (χ0v) is 12.0. The topological polar surface area (TPSA) is 56.7 Å². The van der Waals surface area contributed by atoms with E-state index in [1.165, 1.54) is 0 Å². The summed E-state index contributed by atoms with van der Waals surface area (Å²) in [4.78, 5) is 1.11. The van der Waals surface area contributed by atoms with Crippen LogP contribution in [-0.2, 0) is 13.6 Å². The van der Waals surface area contributed by atoms with Gasteiger partial charge in [0.2, 0.25) is 0 Å². The van der Waals surface area contributed by atoms with E-state index in [0.717, 1.165) is 25.9 Å². The van der Waals surface area contributed by atoms with Crippen molar-refractivity contribution < 1.29 is 0 Å². The predicted octanol–water partition coefficient (Wildman–Crippen LogP) is 2.50. The molecule has 1 aromatic heterocycles. The summed E-state index contributed by atoms with van der Waals surface area (Å²) < 4.78 is 3.00. The largest absolute Gasteiger partial charge is 0.326 e. The molecule has 2 aromatic rings. The highest BCUT2D eigenvalue weighted by atomic mass is 79.9. The molecule has 0 aliphatic carbocycles. The number of aryl methyl sites for hydroxylation is 1. The molecule has 17 heavy (non-hydrogen) atoms. The van der Waals surface area contributed by atoms with Crippen molar-refractivity contribution in [3.8, 4) is 0 Å². The lowest BCUT2D eigenvalue weighted by atomic mass is 10.2. The normalized spacial score (nSPS) is 10.8. The number of hydrogen-bond donors (Lipinski definition) is 1. The molecule has 0 saturated heterocycles. The molecule has 0 saturated carbocycles. The van der Waals surface area contributed by atoms with Gasteiger partial charge in [-0.2, -0.15) is 0 Å². The Morgan fingerprint density at radius 2 is 2.18 bits per heavy atom. The van der Waals surface area contributed by atoms with Crippen molar-refractivity contribution in [2.75, 3.05) is 0 Å². The minimum Gasteiger partial charge on any atom is -0.326 e. The molecule has 0 spiro atoms. The lowest BCUT2D eigenvalue weighted by Crippen LogP contribution is -2.00. The van der Waals surface area contributed by atoms with Crippen LogP contribution in [0.1, 0.15) is 11.4 Å². The lowest BCUT2D eigenvalue weighted by molar-refractivity contribution is 0.765. The van der Waals surface area contributed by atoms with Gasteiger partial charge in [-0.1, -0.05) is 22.0 Å². The van der Waals surface area contributed by atoms with Crippen LogP contribution in [0.5, 0.6) is 0 Å². The summed E-state index contributed by atoms with van der Waals surface area (Å²) in [6.07, 6.45) is 0. The Kier molecular flexibility index (Phi) is 3.86. The van der Waals surface area contributed by atoms with Gasteiger partial charge in [0.15, 0.2) is 5.16 Å².